The van der Waals surface area contributed by atoms with Crippen molar-refractivity contribution in [2.24, 2.45) is 10.2 Å². The lowest BCUT2D eigenvalue weighted by molar-refractivity contribution is -0.384. The van der Waals surface area contributed by atoms with Gasteiger partial charge in [0.15, 0.2) is 0 Å². The van der Waals surface area contributed by atoms with E-state index in [-0.39, 0.29) is 17.3 Å². The molecule has 2 aliphatic heterocycles. The molecular formula is C37H41N5O3. The topological polar surface area (TPSA) is 92.4 Å². The van der Waals surface area contributed by atoms with E-state index in [4.69, 9.17) is 4.74 Å². The number of rotatable bonds is 9. The molecule has 0 radical (unpaired) electrons. The molecule has 4 aromatic rings. The fourth-order valence-corrected chi connectivity index (χ4v) is 6.81. The van der Waals surface area contributed by atoms with Crippen molar-refractivity contribution >= 4 is 17.1 Å². The SMILES string of the molecule is Cc1c(C)c2c(c(C)c1N=Nc1ccc([N+](=O)[O-])cc1)CC(C)(CN1CCC(NC(c3ccccc3)c3ccccc3)CC1)O2. The van der Waals surface area contributed by atoms with Crippen molar-refractivity contribution < 1.29 is 9.66 Å². The number of benzene rings is 4. The normalized spacial score (nSPS) is 18.8. The standard InChI is InChI=1S/C37H41N5O3/c1-25-26(2)36-33(27(3)34(25)40-39-31-15-17-32(18-16-31)42(43)44)23-37(4,45-36)24-41-21-19-30(20-22-41)38-35(28-11-7-5-8-12-28)29-13-9-6-10-14-29/h5-18,30,35,38H,19-24H2,1-4H3. The number of fused-ring (bicyclic) bond motifs is 1. The molecule has 1 saturated heterocycles. The van der Waals surface area contributed by atoms with Gasteiger partial charge in [0.05, 0.1) is 22.3 Å². The smallest absolute Gasteiger partial charge is 0.269 e. The summed E-state index contributed by atoms with van der Waals surface area (Å²) in [4.78, 5) is 13.1. The summed E-state index contributed by atoms with van der Waals surface area (Å²) in [6.07, 6.45) is 2.99. The molecule has 232 valence electrons. The van der Waals surface area contributed by atoms with Gasteiger partial charge in [-0.1, -0.05) is 60.7 Å². The zero-order valence-corrected chi connectivity index (χ0v) is 26.5. The van der Waals surface area contributed by atoms with Gasteiger partial charge in [-0.25, -0.2) is 0 Å². The Kier molecular flexibility index (Phi) is 8.79. The summed E-state index contributed by atoms with van der Waals surface area (Å²) in [6, 6.07) is 28.2. The van der Waals surface area contributed by atoms with Crippen LogP contribution in [0, 0.1) is 30.9 Å². The van der Waals surface area contributed by atoms with Crippen LogP contribution in [0.1, 0.15) is 59.2 Å². The number of piperidine rings is 1. The molecule has 1 N–H and O–H groups in total. The summed E-state index contributed by atoms with van der Waals surface area (Å²) in [5.74, 6) is 0.979. The van der Waals surface area contributed by atoms with Gasteiger partial charge in [0.1, 0.15) is 11.4 Å². The molecule has 4 aromatic carbocycles. The summed E-state index contributed by atoms with van der Waals surface area (Å²) in [5.41, 5.74) is 8.14. The van der Waals surface area contributed by atoms with Crippen molar-refractivity contribution in [1.29, 1.82) is 0 Å². The first kappa shape index (κ1) is 30.6. The van der Waals surface area contributed by atoms with Crippen molar-refractivity contribution in [3.8, 4) is 5.75 Å². The summed E-state index contributed by atoms with van der Waals surface area (Å²) in [5, 5.41) is 24.0. The van der Waals surface area contributed by atoms with E-state index in [9.17, 15) is 10.1 Å². The summed E-state index contributed by atoms with van der Waals surface area (Å²) in [6.45, 7) is 11.4. The first-order valence-electron chi connectivity index (χ1n) is 15.8. The first-order valence-corrected chi connectivity index (χ1v) is 15.8. The number of nitrogens with zero attached hydrogens (tertiary/aromatic N) is 4. The molecule has 1 fully saturated rings. The van der Waals surface area contributed by atoms with E-state index < -0.39 is 4.92 Å². The molecule has 0 bridgehead atoms. The second-order valence-corrected chi connectivity index (χ2v) is 12.7. The quantitative estimate of drug-likeness (QED) is 0.118. The van der Waals surface area contributed by atoms with Gasteiger partial charge < -0.3 is 10.1 Å². The molecule has 1 atom stereocenters. The first-order chi connectivity index (χ1) is 21.7. The van der Waals surface area contributed by atoms with Crippen LogP contribution in [-0.4, -0.2) is 41.1 Å². The number of hydrogen-bond acceptors (Lipinski definition) is 7. The fraction of sp³-hybridized carbons (Fsp3) is 0.351. The predicted octanol–water partition coefficient (Wildman–Crippen LogP) is 8.47. The zero-order chi connectivity index (χ0) is 31.6. The third-order valence-corrected chi connectivity index (χ3v) is 9.38. The average Bonchev–Trinajstić information content (AvgIpc) is 3.41. The molecule has 45 heavy (non-hydrogen) atoms. The number of likely N-dealkylation sites (tertiary alicyclic amines) is 1. The Morgan fingerprint density at radius 1 is 0.889 bits per heavy atom. The van der Waals surface area contributed by atoms with E-state index in [0.29, 0.717) is 11.7 Å². The minimum atomic E-state index is -0.414. The molecule has 8 nitrogen and oxygen atoms in total. The van der Waals surface area contributed by atoms with E-state index in [1.165, 1.54) is 28.8 Å². The lowest BCUT2D eigenvalue weighted by Crippen LogP contribution is -2.50. The monoisotopic (exact) mass is 603 g/mol. The second-order valence-electron chi connectivity index (χ2n) is 12.7. The Bertz CT molecular complexity index is 1640. The van der Waals surface area contributed by atoms with Crippen molar-refractivity contribution in [3.63, 3.8) is 0 Å². The van der Waals surface area contributed by atoms with E-state index >= 15 is 0 Å². The van der Waals surface area contributed by atoms with Crippen LogP contribution in [0.25, 0.3) is 0 Å². The van der Waals surface area contributed by atoms with Gasteiger partial charge in [-0.2, -0.15) is 5.11 Å². The van der Waals surface area contributed by atoms with Crippen LogP contribution in [-0.2, 0) is 6.42 Å². The molecule has 8 heteroatoms. The van der Waals surface area contributed by atoms with Crippen LogP contribution >= 0.6 is 0 Å². The number of azo groups is 1. The zero-order valence-electron chi connectivity index (χ0n) is 26.5. The van der Waals surface area contributed by atoms with Crippen LogP contribution in [0.15, 0.2) is 95.2 Å². The van der Waals surface area contributed by atoms with Gasteiger partial charge in [-0.3, -0.25) is 15.0 Å². The highest BCUT2D eigenvalue weighted by Crippen LogP contribution is 2.46. The van der Waals surface area contributed by atoms with Gasteiger partial charge in [0.2, 0.25) is 0 Å². The molecule has 0 spiro atoms. The third-order valence-electron chi connectivity index (χ3n) is 9.38. The minimum Gasteiger partial charge on any atom is -0.485 e. The van der Waals surface area contributed by atoms with E-state index in [2.05, 4.69) is 109 Å². The Hall–Kier alpha value is -4.40. The molecule has 0 saturated carbocycles. The van der Waals surface area contributed by atoms with E-state index in [1.54, 1.807) is 12.1 Å². The van der Waals surface area contributed by atoms with Crippen molar-refractivity contribution in [3.05, 3.63) is 128 Å². The highest BCUT2D eigenvalue weighted by molar-refractivity contribution is 5.66. The van der Waals surface area contributed by atoms with Crippen LogP contribution < -0.4 is 10.1 Å². The maximum atomic E-state index is 11.0. The van der Waals surface area contributed by atoms with Gasteiger partial charge in [0, 0.05) is 36.7 Å². The molecular weight excluding hydrogens is 562 g/mol. The molecule has 0 amide bonds. The van der Waals surface area contributed by atoms with Crippen molar-refractivity contribution in [2.75, 3.05) is 19.6 Å². The largest absolute Gasteiger partial charge is 0.485 e. The van der Waals surface area contributed by atoms with E-state index in [0.717, 1.165) is 67.0 Å². The van der Waals surface area contributed by atoms with Crippen molar-refractivity contribution in [1.82, 2.24) is 10.2 Å². The fourth-order valence-electron chi connectivity index (χ4n) is 6.81. The van der Waals surface area contributed by atoms with Crippen LogP contribution in [0.5, 0.6) is 5.75 Å². The Morgan fingerprint density at radius 3 is 2.07 bits per heavy atom. The van der Waals surface area contributed by atoms with Gasteiger partial charge in [-0.05, 0) is 93.6 Å². The Balaban J connectivity index is 1.11. The summed E-state index contributed by atoms with van der Waals surface area (Å²) < 4.78 is 6.76. The third kappa shape index (κ3) is 6.67. The minimum absolute atomic E-state index is 0.0372. The predicted molar refractivity (Wildman–Crippen MR) is 178 cm³/mol. The Labute approximate surface area is 265 Å². The number of non-ortho nitro benzene ring substituents is 1. The van der Waals surface area contributed by atoms with Gasteiger partial charge >= 0.3 is 0 Å². The maximum absolute atomic E-state index is 11.0. The molecule has 2 heterocycles. The number of hydrogen-bond donors (Lipinski definition) is 1. The van der Waals surface area contributed by atoms with Gasteiger partial charge in [-0.15, -0.1) is 5.11 Å². The molecule has 1 unspecified atom stereocenters. The molecule has 6 rings (SSSR count). The maximum Gasteiger partial charge on any atom is 0.269 e. The lowest BCUT2D eigenvalue weighted by atomic mass is 9.91. The van der Waals surface area contributed by atoms with E-state index in [1.807, 2.05) is 0 Å². The summed E-state index contributed by atoms with van der Waals surface area (Å²) in [7, 11) is 0. The molecule has 0 aliphatic carbocycles. The lowest BCUT2D eigenvalue weighted by Gasteiger charge is -2.38. The number of nitro groups is 1. The highest BCUT2D eigenvalue weighted by Gasteiger charge is 2.40. The number of nitro benzene ring substituents is 1. The van der Waals surface area contributed by atoms with Crippen LogP contribution in [0.3, 0.4) is 0 Å². The number of nitrogens with one attached hydrogen (secondary N) is 1. The second kappa shape index (κ2) is 12.9. The average molecular weight is 604 g/mol. The van der Waals surface area contributed by atoms with Gasteiger partial charge in [0.25, 0.3) is 5.69 Å². The summed E-state index contributed by atoms with van der Waals surface area (Å²) >= 11 is 0. The van der Waals surface area contributed by atoms with Crippen molar-refractivity contribution in [2.45, 2.75) is 64.6 Å². The number of ether oxygens (including phenoxy) is 1. The highest BCUT2D eigenvalue weighted by atomic mass is 16.6. The Morgan fingerprint density at radius 2 is 1.49 bits per heavy atom. The van der Waals surface area contributed by atoms with Crippen LogP contribution in [0.4, 0.5) is 17.1 Å². The van der Waals surface area contributed by atoms with Crippen LogP contribution in [0.2, 0.25) is 0 Å². The molecule has 2 aliphatic rings. The molecule has 0 aromatic heterocycles.